The van der Waals surface area contributed by atoms with Gasteiger partial charge in [0.15, 0.2) is 5.82 Å². The predicted octanol–water partition coefficient (Wildman–Crippen LogP) is 4.26. The van der Waals surface area contributed by atoms with Gasteiger partial charge in [0.1, 0.15) is 11.7 Å². The monoisotopic (exact) mass is 610 g/mol. The maximum atomic E-state index is 15.2. The molecule has 0 bridgehead atoms. The Balaban J connectivity index is 1.25. The topological polar surface area (TPSA) is 132 Å². The average Bonchev–Trinajstić information content (AvgIpc) is 3.50. The van der Waals surface area contributed by atoms with Gasteiger partial charge in [0.05, 0.1) is 36.3 Å². The van der Waals surface area contributed by atoms with Gasteiger partial charge in [0.25, 0.3) is 0 Å². The zero-order valence-electron chi connectivity index (χ0n) is 25.1. The second-order valence-electron chi connectivity index (χ2n) is 11.0. The van der Waals surface area contributed by atoms with Gasteiger partial charge in [-0.25, -0.2) is 14.4 Å². The molecule has 11 nitrogen and oxygen atoms in total. The normalized spacial score (nSPS) is 14.8. The van der Waals surface area contributed by atoms with Gasteiger partial charge < -0.3 is 30.4 Å². The average molecular weight is 611 g/mol. The molecule has 2 aromatic carbocycles. The van der Waals surface area contributed by atoms with Crippen molar-refractivity contribution in [3.63, 3.8) is 0 Å². The Hall–Kier alpha value is -4.75. The van der Waals surface area contributed by atoms with E-state index in [0.29, 0.717) is 33.5 Å². The first-order valence-electron chi connectivity index (χ1n) is 14.7. The van der Waals surface area contributed by atoms with Crippen molar-refractivity contribution >= 4 is 34.1 Å². The second-order valence-corrected chi connectivity index (χ2v) is 11.0. The molecule has 0 saturated carbocycles. The summed E-state index contributed by atoms with van der Waals surface area (Å²) in [4.78, 5) is 34.2. The van der Waals surface area contributed by atoms with Crippen molar-refractivity contribution in [2.24, 2.45) is 0 Å². The second kappa shape index (κ2) is 13.5. The minimum Gasteiger partial charge on any atom is -0.392 e. The molecule has 1 amide bonds. The lowest BCUT2D eigenvalue weighted by molar-refractivity contribution is -0.124. The number of aliphatic hydroxyl groups is 1. The van der Waals surface area contributed by atoms with E-state index in [0.717, 1.165) is 43.5 Å². The highest BCUT2D eigenvalue weighted by Crippen LogP contribution is 2.34. The third-order valence-corrected chi connectivity index (χ3v) is 8.06. The van der Waals surface area contributed by atoms with Crippen molar-refractivity contribution in [2.75, 3.05) is 57.6 Å². The molecule has 232 valence electrons. The summed E-state index contributed by atoms with van der Waals surface area (Å²) in [7, 11) is 3.67. The van der Waals surface area contributed by atoms with Crippen LogP contribution in [0.25, 0.3) is 33.4 Å². The number of nitrogens with zero attached hydrogens (tertiary/aromatic N) is 5. The number of rotatable bonds is 10. The van der Waals surface area contributed by atoms with Gasteiger partial charge in [-0.05, 0) is 30.8 Å². The number of para-hydroxylation sites is 1. The largest absolute Gasteiger partial charge is 0.392 e. The third-order valence-electron chi connectivity index (χ3n) is 8.06. The number of fused-ring (bicyclic) bond motifs is 1. The van der Waals surface area contributed by atoms with E-state index < -0.39 is 11.9 Å². The van der Waals surface area contributed by atoms with Crippen LogP contribution in [0.3, 0.4) is 0 Å². The predicted molar refractivity (Wildman–Crippen MR) is 172 cm³/mol. The number of benzene rings is 2. The van der Waals surface area contributed by atoms with E-state index in [4.69, 9.17) is 4.74 Å². The smallest absolute Gasteiger partial charge is 0.244 e. The van der Waals surface area contributed by atoms with Crippen molar-refractivity contribution in [3.8, 4) is 22.5 Å². The van der Waals surface area contributed by atoms with Crippen LogP contribution < -0.4 is 10.6 Å². The highest BCUT2D eigenvalue weighted by atomic mass is 19.1. The van der Waals surface area contributed by atoms with Crippen LogP contribution >= 0.6 is 0 Å². The van der Waals surface area contributed by atoms with E-state index in [9.17, 15) is 9.90 Å². The van der Waals surface area contributed by atoms with Crippen LogP contribution in [0.4, 0.5) is 21.7 Å². The maximum absolute atomic E-state index is 15.2. The Morgan fingerprint density at radius 3 is 2.71 bits per heavy atom. The number of methoxy groups -OCH3 is 1. The van der Waals surface area contributed by atoms with E-state index in [-0.39, 0.29) is 30.8 Å². The number of hydrogen-bond donors (Lipinski definition) is 4. The van der Waals surface area contributed by atoms with Crippen LogP contribution in [0.5, 0.6) is 0 Å². The summed E-state index contributed by atoms with van der Waals surface area (Å²) < 4.78 is 20.6. The molecule has 4 N–H and O–H groups in total. The van der Waals surface area contributed by atoms with Crippen LogP contribution in [0.15, 0.2) is 73.2 Å². The fraction of sp³-hybridized carbons (Fsp3) is 0.273. The zero-order valence-corrected chi connectivity index (χ0v) is 25.1. The first-order chi connectivity index (χ1) is 21.9. The Kier molecular flexibility index (Phi) is 9.08. The standard InChI is InChI=1S/C33H35FN8O3/c1-41-12-14-42(15-13-41)29(20-45-2)32(44)39-27-9-5-8-24-25(17-36-31(24)27)30-26(34)18-37-33(40-30)38-22-10-11-35-28(16-22)23-7-4-3-6-21(23)19-43/h3-11,16-18,29,36,43H,12-15,19-20H2,1-2H3,(H,39,44)(H,35,37,38,40). The molecule has 1 aliphatic rings. The number of likely N-dealkylation sites (N-methyl/N-ethyl adjacent to an activating group) is 1. The molecular formula is C33H35FN8O3. The summed E-state index contributed by atoms with van der Waals surface area (Å²) in [6, 6.07) is 16.1. The molecule has 0 aliphatic carbocycles. The first-order valence-corrected chi connectivity index (χ1v) is 14.7. The number of halogens is 1. The van der Waals surface area contributed by atoms with Gasteiger partial charge in [-0.2, -0.15) is 0 Å². The zero-order chi connectivity index (χ0) is 31.3. The van der Waals surface area contributed by atoms with E-state index in [1.54, 1.807) is 25.6 Å². The molecule has 45 heavy (non-hydrogen) atoms. The lowest BCUT2D eigenvalue weighted by Crippen LogP contribution is -2.54. The SMILES string of the molecule is COCC(C(=O)Nc1cccc2c(-c3nc(Nc4ccnc(-c5ccccc5CO)c4)ncc3F)c[nH]c12)N1CCN(C)CC1. The van der Waals surface area contributed by atoms with Gasteiger partial charge in [-0.3, -0.25) is 14.7 Å². The highest BCUT2D eigenvalue weighted by molar-refractivity contribution is 6.06. The van der Waals surface area contributed by atoms with Gasteiger partial charge in [-0.15, -0.1) is 0 Å². The molecule has 3 aromatic heterocycles. The minimum absolute atomic E-state index is 0.108. The minimum atomic E-state index is -0.585. The molecule has 1 fully saturated rings. The number of hydrogen-bond acceptors (Lipinski definition) is 9. The number of aliphatic hydroxyl groups excluding tert-OH is 1. The number of pyridine rings is 1. The van der Waals surface area contributed by atoms with E-state index in [1.807, 2.05) is 48.5 Å². The number of ether oxygens (including phenoxy) is 1. The molecule has 5 aromatic rings. The van der Waals surface area contributed by atoms with Crippen molar-refractivity contribution < 1.29 is 19.0 Å². The van der Waals surface area contributed by atoms with Crippen molar-refractivity contribution in [3.05, 3.63) is 84.6 Å². The molecule has 1 atom stereocenters. The van der Waals surface area contributed by atoms with Crippen LogP contribution in [0.2, 0.25) is 0 Å². The molecule has 6 rings (SSSR count). The summed E-state index contributed by atoms with van der Waals surface area (Å²) >= 11 is 0. The van der Waals surface area contributed by atoms with Crippen molar-refractivity contribution in [1.29, 1.82) is 0 Å². The Morgan fingerprint density at radius 1 is 1.09 bits per heavy atom. The van der Waals surface area contributed by atoms with Gasteiger partial charge >= 0.3 is 0 Å². The molecule has 0 radical (unpaired) electrons. The quantitative estimate of drug-likeness (QED) is 0.183. The number of nitrogens with one attached hydrogen (secondary N) is 3. The van der Waals surface area contributed by atoms with Gasteiger partial charge in [0, 0.05) is 67.9 Å². The maximum Gasteiger partial charge on any atom is 0.244 e. The fourth-order valence-corrected chi connectivity index (χ4v) is 5.62. The fourth-order valence-electron chi connectivity index (χ4n) is 5.62. The summed E-state index contributed by atoms with van der Waals surface area (Å²) in [6.07, 6.45) is 4.45. The Bertz CT molecular complexity index is 1800. The number of H-pyrrole nitrogens is 1. The van der Waals surface area contributed by atoms with E-state index >= 15 is 4.39 Å². The molecule has 12 heteroatoms. The summed E-state index contributed by atoms with van der Waals surface area (Å²) in [5.74, 6) is -0.547. The Labute approximate surface area is 260 Å². The number of aromatic nitrogens is 4. The van der Waals surface area contributed by atoms with Crippen molar-refractivity contribution in [1.82, 2.24) is 29.7 Å². The van der Waals surface area contributed by atoms with Crippen LogP contribution in [0, 0.1) is 5.82 Å². The Morgan fingerprint density at radius 2 is 1.91 bits per heavy atom. The molecule has 1 unspecified atom stereocenters. The number of aromatic amines is 1. The molecular weight excluding hydrogens is 575 g/mol. The van der Waals surface area contributed by atoms with Crippen LogP contribution in [-0.4, -0.2) is 93.7 Å². The number of amides is 1. The summed E-state index contributed by atoms with van der Waals surface area (Å²) in [6.45, 7) is 3.47. The molecule has 0 spiro atoms. The lowest BCUT2D eigenvalue weighted by Gasteiger charge is -2.36. The van der Waals surface area contributed by atoms with Gasteiger partial charge in [-0.1, -0.05) is 36.4 Å². The molecule has 1 saturated heterocycles. The van der Waals surface area contributed by atoms with Crippen LogP contribution in [-0.2, 0) is 16.1 Å². The molecule has 4 heterocycles. The number of piperazine rings is 1. The number of carbonyl (C=O) groups excluding carboxylic acids is 1. The lowest BCUT2D eigenvalue weighted by atomic mass is 10.0. The van der Waals surface area contributed by atoms with E-state index in [1.165, 1.54) is 0 Å². The van der Waals surface area contributed by atoms with E-state index in [2.05, 4.69) is 47.4 Å². The third kappa shape index (κ3) is 6.54. The number of anilines is 3. The van der Waals surface area contributed by atoms with Gasteiger partial charge in [0.2, 0.25) is 11.9 Å². The summed E-state index contributed by atoms with van der Waals surface area (Å²) in [5, 5.41) is 16.7. The first kappa shape index (κ1) is 30.3. The number of carbonyl (C=O) groups is 1. The highest BCUT2D eigenvalue weighted by Gasteiger charge is 2.29. The molecule has 1 aliphatic heterocycles. The van der Waals surface area contributed by atoms with Crippen LogP contribution in [0.1, 0.15) is 5.56 Å². The van der Waals surface area contributed by atoms with Crippen molar-refractivity contribution in [2.45, 2.75) is 12.6 Å². The summed E-state index contributed by atoms with van der Waals surface area (Å²) in [5.41, 5.74) is 4.76.